The third kappa shape index (κ3) is 3.04. The molecule has 0 atom stereocenters. The van der Waals surface area contributed by atoms with Gasteiger partial charge in [-0.1, -0.05) is 6.07 Å². The monoisotopic (exact) mass is 253 g/mol. The summed E-state index contributed by atoms with van der Waals surface area (Å²) in [5.41, 5.74) is 1.22. The van der Waals surface area contributed by atoms with Gasteiger partial charge in [-0.05, 0) is 18.2 Å². The van der Waals surface area contributed by atoms with Gasteiger partial charge in [0.05, 0.1) is 24.0 Å². The van der Waals surface area contributed by atoms with Crippen molar-refractivity contribution in [2.45, 2.75) is 0 Å². The van der Waals surface area contributed by atoms with Crippen molar-refractivity contribution in [2.75, 3.05) is 17.7 Å². The molecule has 19 heavy (non-hydrogen) atoms. The molecule has 6 heteroatoms. The minimum Gasteiger partial charge on any atom is -0.372 e. The first-order valence-electron chi connectivity index (χ1n) is 5.54. The molecule has 0 unspecified atom stereocenters. The average molecular weight is 253 g/mol. The van der Waals surface area contributed by atoms with Gasteiger partial charge in [0.25, 0.3) is 5.91 Å². The number of nitrogens with zero attached hydrogens (tertiary/aromatic N) is 3. The number of carbonyl (C=O) groups is 1. The molecule has 1 aromatic carbocycles. The van der Waals surface area contributed by atoms with Crippen molar-refractivity contribution >= 4 is 17.4 Å². The van der Waals surface area contributed by atoms with Crippen LogP contribution in [0.4, 0.5) is 11.5 Å². The normalized spacial score (nSPS) is 9.47. The van der Waals surface area contributed by atoms with Crippen LogP contribution in [0.5, 0.6) is 0 Å². The van der Waals surface area contributed by atoms with Crippen LogP contribution in [0.1, 0.15) is 16.1 Å². The highest BCUT2D eigenvalue weighted by molar-refractivity contribution is 6.02. The van der Waals surface area contributed by atoms with Crippen molar-refractivity contribution in [3.05, 3.63) is 47.9 Å². The molecule has 1 amide bonds. The maximum Gasteiger partial charge on any atom is 0.275 e. The molecule has 0 bridgehead atoms. The molecule has 0 spiro atoms. The highest BCUT2D eigenvalue weighted by Crippen LogP contribution is 2.11. The summed E-state index contributed by atoms with van der Waals surface area (Å²) in [5.74, 6) is 0.137. The molecule has 0 aliphatic carbocycles. The average Bonchev–Trinajstić information content (AvgIpc) is 2.47. The van der Waals surface area contributed by atoms with Gasteiger partial charge < -0.3 is 10.6 Å². The van der Waals surface area contributed by atoms with E-state index in [1.54, 1.807) is 31.3 Å². The van der Waals surface area contributed by atoms with E-state index in [0.717, 1.165) is 0 Å². The number of anilines is 2. The van der Waals surface area contributed by atoms with Gasteiger partial charge >= 0.3 is 0 Å². The molecule has 0 aliphatic heterocycles. The lowest BCUT2D eigenvalue weighted by atomic mass is 10.2. The molecule has 2 aromatic rings. The lowest BCUT2D eigenvalue weighted by Gasteiger charge is -2.05. The second-order valence-electron chi connectivity index (χ2n) is 3.69. The number of nitriles is 1. The van der Waals surface area contributed by atoms with Gasteiger partial charge in [-0.2, -0.15) is 5.26 Å². The molecular weight excluding hydrogens is 242 g/mol. The summed E-state index contributed by atoms with van der Waals surface area (Å²) in [6.07, 6.45) is 2.90. The summed E-state index contributed by atoms with van der Waals surface area (Å²) in [6.45, 7) is 0. The summed E-state index contributed by atoms with van der Waals surface area (Å²) in [4.78, 5) is 20.0. The molecule has 0 saturated heterocycles. The minimum absolute atomic E-state index is 0.203. The molecule has 0 fully saturated rings. The molecular formula is C13H11N5O. The highest BCUT2D eigenvalue weighted by atomic mass is 16.1. The zero-order valence-corrected chi connectivity index (χ0v) is 10.2. The Labute approximate surface area is 110 Å². The molecule has 2 rings (SSSR count). The topological polar surface area (TPSA) is 90.7 Å². The van der Waals surface area contributed by atoms with E-state index in [4.69, 9.17) is 5.26 Å². The summed E-state index contributed by atoms with van der Waals surface area (Å²) >= 11 is 0. The van der Waals surface area contributed by atoms with Crippen molar-refractivity contribution in [3.63, 3.8) is 0 Å². The Kier molecular flexibility index (Phi) is 3.69. The van der Waals surface area contributed by atoms with Gasteiger partial charge in [-0.3, -0.25) is 9.78 Å². The largest absolute Gasteiger partial charge is 0.372 e. The molecule has 1 heterocycles. The molecule has 1 aromatic heterocycles. The van der Waals surface area contributed by atoms with Crippen molar-refractivity contribution in [2.24, 2.45) is 0 Å². The molecule has 0 radical (unpaired) electrons. The second-order valence-corrected chi connectivity index (χ2v) is 3.69. The van der Waals surface area contributed by atoms with Gasteiger partial charge in [0.1, 0.15) is 11.5 Å². The van der Waals surface area contributed by atoms with Crippen LogP contribution in [0.25, 0.3) is 0 Å². The first kappa shape index (κ1) is 12.5. The number of carbonyl (C=O) groups excluding carboxylic acids is 1. The molecule has 0 aliphatic rings. The van der Waals surface area contributed by atoms with E-state index in [1.165, 1.54) is 12.4 Å². The van der Waals surface area contributed by atoms with Gasteiger partial charge in [0, 0.05) is 12.7 Å². The highest BCUT2D eigenvalue weighted by Gasteiger charge is 2.09. The van der Waals surface area contributed by atoms with E-state index in [9.17, 15) is 4.79 Å². The number of rotatable bonds is 3. The fourth-order valence-corrected chi connectivity index (χ4v) is 1.46. The summed E-state index contributed by atoms with van der Waals surface area (Å²) in [6, 6.07) is 8.66. The molecule has 6 nitrogen and oxygen atoms in total. The van der Waals surface area contributed by atoms with Crippen LogP contribution in [0.15, 0.2) is 36.7 Å². The van der Waals surface area contributed by atoms with Crippen molar-refractivity contribution < 1.29 is 4.79 Å². The Balaban J connectivity index is 2.18. The van der Waals surface area contributed by atoms with Crippen LogP contribution in [0.2, 0.25) is 0 Å². The van der Waals surface area contributed by atoms with Gasteiger partial charge in [-0.15, -0.1) is 0 Å². The van der Waals surface area contributed by atoms with E-state index >= 15 is 0 Å². The van der Waals surface area contributed by atoms with E-state index in [1.807, 2.05) is 6.07 Å². The van der Waals surface area contributed by atoms with Crippen molar-refractivity contribution in [1.82, 2.24) is 9.97 Å². The van der Waals surface area contributed by atoms with Gasteiger partial charge in [0.15, 0.2) is 0 Å². The van der Waals surface area contributed by atoms with Crippen LogP contribution in [-0.4, -0.2) is 22.9 Å². The quantitative estimate of drug-likeness (QED) is 0.867. The fraction of sp³-hybridized carbons (Fsp3) is 0.0769. The number of benzene rings is 1. The van der Waals surface area contributed by atoms with Crippen LogP contribution in [0, 0.1) is 11.3 Å². The maximum absolute atomic E-state index is 12.0. The Morgan fingerprint density at radius 1 is 1.37 bits per heavy atom. The SMILES string of the molecule is CNc1cncc(C(=O)Nc2cccc(C#N)c2)n1. The van der Waals surface area contributed by atoms with Crippen molar-refractivity contribution in [1.29, 1.82) is 5.26 Å². The second kappa shape index (κ2) is 5.60. The van der Waals surface area contributed by atoms with Crippen LogP contribution < -0.4 is 10.6 Å². The number of hydrogen-bond donors (Lipinski definition) is 2. The van der Waals surface area contributed by atoms with E-state index in [-0.39, 0.29) is 11.6 Å². The first-order valence-corrected chi connectivity index (χ1v) is 5.54. The predicted molar refractivity (Wildman–Crippen MR) is 70.7 cm³/mol. The summed E-state index contributed by atoms with van der Waals surface area (Å²) < 4.78 is 0. The Bertz CT molecular complexity index is 647. The number of aromatic nitrogens is 2. The summed E-state index contributed by atoms with van der Waals surface area (Å²) in [7, 11) is 1.70. The van der Waals surface area contributed by atoms with Crippen LogP contribution >= 0.6 is 0 Å². The number of nitrogens with one attached hydrogen (secondary N) is 2. The van der Waals surface area contributed by atoms with Crippen molar-refractivity contribution in [3.8, 4) is 6.07 Å². The Morgan fingerprint density at radius 2 is 2.21 bits per heavy atom. The molecule has 2 N–H and O–H groups in total. The lowest BCUT2D eigenvalue weighted by molar-refractivity contribution is 0.102. The minimum atomic E-state index is -0.375. The Morgan fingerprint density at radius 3 is 2.95 bits per heavy atom. The number of amides is 1. The van der Waals surface area contributed by atoms with Crippen LogP contribution in [0.3, 0.4) is 0 Å². The van der Waals surface area contributed by atoms with E-state index < -0.39 is 0 Å². The predicted octanol–water partition coefficient (Wildman–Crippen LogP) is 1.64. The summed E-state index contributed by atoms with van der Waals surface area (Å²) in [5, 5.41) is 14.3. The zero-order valence-electron chi connectivity index (χ0n) is 10.2. The molecule has 0 saturated carbocycles. The lowest BCUT2D eigenvalue weighted by Crippen LogP contribution is -2.14. The third-order valence-corrected chi connectivity index (χ3v) is 2.37. The Hall–Kier alpha value is -2.94. The fourth-order valence-electron chi connectivity index (χ4n) is 1.46. The van der Waals surface area contributed by atoms with Gasteiger partial charge in [0.2, 0.25) is 0 Å². The standard InChI is InChI=1S/C13H11N5O/c1-15-12-8-16-7-11(18-12)13(19)17-10-4-2-3-9(5-10)6-14/h2-5,7-8H,1H3,(H,15,18)(H,17,19). The zero-order chi connectivity index (χ0) is 13.7. The van der Waals surface area contributed by atoms with Gasteiger partial charge in [-0.25, -0.2) is 4.98 Å². The smallest absolute Gasteiger partial charge is 0.275 e. The number of hydrogen-bond acceptors (Lipinski definition) is 5. The maximum atomic E-state index is 12.0. The first-order chi connectivity index (χ1) is 9.22. The van der Waals surface area contributed by atoms with E-state index in [2.05, 4.69) is 20.6 Å². The van der Waals surface area contributed by atoms with E-state index in [0.29, 0.717) is 17.1 Å². The third-order valence-electron chi connectivity index (χ3n) is 2.37. The molecule has 94 valence electrons. The van der Waals surface area contributed by atoms with Crippen LogP contribution in [-0.2, 0) is 0 Å².